The summed E-state index contributed by atoms with van der Waals surface area (Å²) < 4.78 is 16.4. The number of carbonyl (C=O) groups is 1. The summed E-state index contributed by atoms with van der Waals surface area (Å²) in [5.41, 5.74) is 1.25. The minimum Gasteiger partial charge on any atom is -0.504 e. The van der Waals surface area contributed by atoms with Crippen molar-refractivity contribution in [2.45, 2.75) is 13.5 Å². The molecule has 0 bridgehead atoms. The Morgan fingerprint density at radius 3 is 2.54 bits per heavy atom. The molecule has 6 heteroatoms. The van der Waals surface area contributed by atoms with Crippen molar-refractivity contribution in [2.24, 2.45) is 0 Å². The van der Waals surface area contributed by atoms with Crippen LogP contribution in [0.25, 0.3) is 11.0 Å². The van der Waals surface area contributed by atoms with E-state index in [0.717, 1.165) is 5.56 Å². The van der Waals surface area contributed by atoms with Crippen molar-refractivity contribution < 1.29 is 23.8 Å². The van der Waals surface area contributed by atoms with Gasteiger partial charge in [-0.3, -0.25) is 4.79 Å². The molecule has 2 aromatic carbocycles. The van der Waals surface area contributed by atoms with Gasteiger partial charge in [0, 0.05) is 5.02 Å². The minimum absolute atomic E-state index is 0.0671. The molecule has 24 heavy (non-hydrogen) atoms. The number of rotatable bonds is 5. The summed E-state index contributed by atoms with van der Waals surface area (Å²) in [5, 5.41) is 11.7. The van der Waals surface area contributed by atoms with E-state index in [4.69, 9.17) is 25.5 Å². The van der Waals surface area contributed by atoms with E-state index in [0.29, 0.717) is 16.0 Å². The second-order valence-corrected chi connectivity index (χ2v) is 5.66. The highest BCUT2D eigenvalue weighted by molar-refractivity contribution is 6.30. The Bertz CT molecular complexity index is 896. The van der Waals surface area contributed by atoms with E-state index in [-0.39, 0.29) is 35.2 Å². The molecule has 0 aliphatic heterocycles. The molecule has 1 heterocycles. The largest absolute Gasteiger partial charge is 0.504 e. The van der Waals surface area contributed by atoms with E-state index in [1.807, 2.05) is 12.1 Å². The van der Waals surface area contributed by atoms with E-state index in [2.05, 4.69) is 0 Å². The van der Waals surface area contributed by atoms with Gasteiger partial charge in [-0.1, -0.05) is 23.7 Å². The van der Waals surface area contributed by atoms with Crippen LogP contribution in [-0.2, 0) is 6.61 Å². The predicted molar refractivity (Wildman–Crippen MR) is 90.2 cm³/mol. The first-order chi connectivity index (χ1) is 11.5. The van der Waals surface area contributed by atoms with Crippen LogP contribution in [0.2, 0.25) is 5.02 Å². The van der Waals surface area contributed by atoms with Gasteiger partial charge in [0.1, 0.15) is 17.9 Å². The fourth-order valence-corrected chi connectivity index (χ4v) is 2.66. The number of fused-ring (bicyclic) bond motifs is 1. The van der Waals surface area contributed by atoms with Gasteiger partial charge in [-0.25, -0.2) is 0 Å². The Morgan fingerprint density at radius 2 is 1.92 bits per heavy atom. The summed E-state index contributed by atoms with van der Waals surface area (Å²) in [6.45, 7) is 1.54. The summed E-state index contributed by atoms with van der Waals surface area (Å²) in [6.07, 6.45) is 1.45. The molecule has 1 aromatic heterocycles. The van der Waals surface area contributed by atoms with Gasteiger partial charge in [0.2, 0.25) is 5.75 Å². The monoisotopic (exact) mass is 346 g/mol. The average molecular weight is 347 g/mol. The first-order valence-electron chi connectivity index (χ1n) is 7.21. The van der Waals surface area contributed by atoms with E-state index >= 15 is 0 Å². The van der Waals surface area contributed by atoms with Gasteiger partial charge in [0.05, 0.1) is 18.8 Å². The molecule has 0 aliphatic carbocycles. The topological polar surface area (TPSA) is 68.9 Å². The van der Waals surface area contributed by atoms with Crippen LogP contribution >= 0.6 is 11.6 Å². The molecule has 5 nitrogen and oxygen atoms in total. The lowest BCUT2D eigenvalue weighted by atomic mass is 10.0. The molecule has 0 amide bonds. The second-order valence-electron chi connectivity index (χ2n) is 5.22. The molecule has 3 aromatic rings. The van der Waals surface area contributed by atoms with E-state index in [9.17, 15) is 9.90 Å². The van der Waals surface area contributed by atoms with Gasteiger partial charge < -0.3 is 19.0 Å². The second kappa shape index (κ2) is 6.45. The summed E-state index contributed by atoms with van der Waals surface area (Å²) in [5.74, 6) is -0.252. The number of hydrogen-bond donors (Lipinski definition) is 1. The highest BCUT2D eigenvalue weighted by Crippen LogP contribution is 2.46. The number of ether oxygens (including phenoxy) is 2. The maximum absolute atomic E-state index is 11.9. The summed E-state index contributed by atoms with van der Waals surface area (Å²) in [4.78, 5) is 11.9. The van der Waals surface area contributed by atoms with Crippen LogP contribution in [-0.4, -0.2) is 18.0 Å². The lowest BCUT2D eigenvalue weighted by molar-refractivity contribution is 0.101. The molecule has 0 unspecified atom stereocenters. The molecule has 0 fully saturated rings. The lowest BCUT2D eigenvalue weighted by Crippen LogP contribution is -2.02. The van der Waals surface area contributed by atoms with Crippen molar-refractivity contribution in [1.82, 2.24) is 0 Å². The zero-order chi connectivity index (χ0) is 17.3. The quantitative estimate of drug-likeness (QED) is 0.685. The number of aromatic hydroxyl groups is 1. The van der Waals surface area contributed by atoms with Crippen LogP contribution in [0.3, 0.4) is 0 Å². The predicted octanol–water partition coefficient (Wildman–Crippen LogP) is 4.58. The molecular weight excluding hydrogens is 332 g/mol. The SMILES string of the molecule is COc1c(C(C)=O)c(O)c(OCc2ccc(Cl)cc2)c2occc12. The molecule has 0 saturated carbocycles. The number of hydrogen-bond acceptors (Lipinski definition) is 5. The van der Waals surface area contributed by atoms with Crippen LogP contribution in [0.4, 0.5) is 0 Å². The Morgan fingerprint density at radius 1 is 1.21 bits per heavy atom. The van der Waals surface area contributed by atoms with E-state index in [1.54, 1.807) is 18.2 Å². The summed E-state index contributed by atoms with van der Waals surface area (Å²) >= 11 is 5.86. The van der Waals surface area contributed by atoms with E-state index < -0.39 is 0 Å². The number of halogens is 1. The number of benzene rings is 2. The standard InChI is InChI=1S/C18H15ClO5/c1-10(20)14-15(21)18(17-13(7-8-23-17)16(14)22-2)24-9-11-3-5-12(19)6-4-11/h3-8,21H,9H2,1-2H3. The highest BCUT2D eigenvalue weighted by Gasteiger charge is 2.25. The number of furan rings is 1. The Labute approximate surface area is 143 Å². The number of carbonyl (C=O) groups excluding carboxylic acids is 1. The van der Waals surface area contributed by atoms with Crippen molar-refractivity contribution in [2.75, 3.05) is 7.11 Å². The number of ketones is 1. The Kier molecular flexibility index (Phi) is 4.36. The molecule has 0 aliphatic rings. The van der Waals surface area contributed by atoms with Gasteiger partial charge >= 0.3 is 0 Å². The molecule has 0 saturated heterocycles. The molecule has 0 spiro atoms. The maximum atomic E-state index is 11.9. The third kappa shape index (κ3) is 2.78. The van der Waals surface area contributed by atoms with Crippen LogP contribution in [0.1, 0.15) is 22.8 Å². The fourth-order valence-electron chi connectivity index (χ4n) is 2.54. The third-order valence-electron chi connectivity index (χ3n) is 3.65. The Balaban J connectivity index is 2.06. The molecule has 124 valence electrons. The normalized spacial score (nSPS) is 10.8. The van der Waals surface area contributed by atoms with Crippen LogP contribution in [0, 0.1) is 0 Å². The van der Waals surface area contributed by atoms with Crippen molar-refractivity contribution in [1.29, 1.82) is 0 Å². The van der Waals surface area contributed by atoms with Crippen LogP contribution < -0.4 is 9.47 Å². The van der Waals surface area contributed by atoms with Crippen LogP contribution in [0.15, 0.2) is 41.0 Å². The van der Waals surface area contributed by atoms with E-state index in [1.165, 1.54) is 20.3 Å². The van der Waals surface area contributed by atoms with Crippen molar-refractivity contribution >= 4 is 28.4 Å². The van der Waals surface area contributed by atoms with Gasteiger partial charge in [-0.15, -0.1) is 0 Å². The van der Waals surface area contributed by atoms with Crippen molar-refractivity contribution in [3.05, 3.63) is 52.7 Å². The number of Topliss-reactive ketones (excluding diaryl/α,β-unsaturated/α-hetero) is 1. The number of phenols is 1. The number of methoxy groups -OCH3 is 1. The minimum atomic E-state index is -0.330. The molecule has 3 rings (SSSR count). The van der Waals surface area contributed by atoms with Gasteiger partial charge in [0.15, 0.2) is 17.1 Å². The molecular formula is C18H15ClO5. The van der Waals surface area contributed by atoms with Crippen LogP contribution in [0.5, 0.6) is 17.2 Å². The summed E-state index contributed by atoms with van der Waals surface area (Å²) in [6, 6.07) is 8.78. The Hall–Kier alpha value is -2.66. The fraction of sp³-hybridized carbons (Fsp3) is 0.167. The molecule has 1 N–H and O–H groups in total. The number of phenolic OH excluding ortho intramolecular Hbond substituents is 1. The third-order valence-corrected chi connectivity index (χ3v) is 3.90. The zero-order valence-corrected chi connectivity index (χ0v) is 13.9. The summed E-state index contributed by atoms with van der Waals surface area (Å²) in [7, 11) is 1.43. The molecule has 0 radical (unpaired) electrons. The van der Waals surface area contributed by atoms with Gasteiger partial charge in [-0.05, 0) is 30.7 Å². The maximum Gasteiger partial charge on any atom is 0.206 e. The zero-order valence-electron chi connectivity index (χ0n) is 13.1. The van der Waals surface area contributed by atoms with Gasteiger partial charge in [-0.2, -0.15) is 0 Å². The molecule has 0 atom stereocenters. The first kappa shape index (κ1) is 16.2. The first-order valence-corrected chi connectivity index (χ1v) is 7.59. The lowest BCUT2D eigenvalue weighted by Gasteiger charge is -2.14. The van der Waals surface area contributed by atoms with Crippen molar-refractivity contribution in [3.8, 4) is 17.2 Å². The average Bonchev–Trinajstić information content (AvgIpc) is 3.03. The highest BCUT2D eigenvalue weighted by atomic mass is 35.5. The smallest absolute Gasteiger partial charge is 0.206 e. The van der Waals surface area contributed by atoms with Crippen molar-refractivity contribution in [3.63, 3.8) is 0 Å². The van der Waals surface area contributed by atoms with Gasteiger partial charge in [0.25, 0.3) is 0 Å².